The number of hydrogen-bond acceptors (Lipinski definition) is 3. The molecular formula is C16H19NOS. The van der Waals surface area contributed by atoms with Crippen molar-refractivity contribution in [3.05, 3.63) is 53.1 Å². The van der Waals surface area contributed by atoms with E-state index < -0.39 is 0 Å². The van der Waals surface area contributed by atoms with Crippen molar-refractivity contribution in [3.8, 4) is 11.5 Å². The normalized spacial score (nSPS) is 10.5. The smallest absolute Gasteiger partial charge is 0.133 e. The van der Waals surface area contributed by atoms with E-state index >= 15 is 0 Å². The van der Waals surface area contributed by atoms with E-state index in [1.165, 1.54) is 10.5 Å². The van der Waals surface area contributed by atoms with Gasteiger partial charge in [-0.1, -0.05) is 18.2 Å². The van der Waals surface area contributed by atoms with Crippen LogP contribution in [0.2, 0.25) is 0 Å². The van der Waals surface area contributed by atoms with Crippen LogP contribution in [-0.2, 0) is 6.54 Å². The Morgan fingerprint density at radius 3 is 2.58 bits per heavy atom. The zero-order valence-electron chi connectivity index (χ0n) is 11.6. The molecule has 0 aromatic heterocycles. The number of aryl methyl sites for hydroxylation is 2. The predicted octanol–water partition coefficient (Wildman–Crippen LogP) is 4.28. The van der Waals surface area contributed by atoms with Crippen molar-refractivity contribution in [3.63, 3.8) is 0 Å². The van der Waals surface area contributed by atoms with Gasteiger partial charge in [0, 0.05) is 17.0 Å². The molecule has 0 heterocycles. The first-order chi connectivity index (χ1) is 9.15. The van der Waals surface area contributed by atoms with Crippen LogP contribution in [0.1, 0.15) is 16.7 Å². The number of rotatable bonds is 4. The molecule has 19 heavy (non-hydrogen) atoms. The van der Waals surface area contributed by atoms with E-state index in [0.717, 1.165) is 22.6 Å². The number of nitrogens with two attached hydrogens (primary N) is 1. The highest BCUT2D eigenvalue weighted by Crippen LogP contribution is 2.33. The summed E-state index contributed by atoms with van der Waals surface area (Å²) < 4.78 is 6.06. The first-order valence-electron chi connectivity index (χ1n) is 6.26. The lowest BCUT2D eigenvalue weighted by molar-refractivity contribution is 0.470. The first-order valence-corrected chi connectivity index (χ1v) is 7.49. The molecule has 0 unspecified atom stereocenters. The molecule has 3 heteroatoms. The van der Waals surface area contributed by atoms with Crippen LogP contribution < -0.4 is 10.5 Å². The zero-order chi connectivity index (χ0) is 13.8. The predicted molar refractivity (Wildman–Crippen MR) is 82.1 cm³/mol. The second kappa shape index (κ2) is 6.13. The molecule has 2 nitrogen and oxygen atoms in total. The Labute approximate surface area is 119 Å². The van der Waals surface area contributed by atoms with Gasteiger partial charge < -0.3 is 10.5 Å². The lowest BCUT2D eigenvalue weighted by atomic mass is 10.1. The van der Waals surface area contributed by atoms with Gasteiger partial charge in [-0.05, 0) is 49.4 Å². The summed E-state index contributed by atoms with van der Waals surface area (Å²) in [6.07, 6.45) is 2.05. The van der Waals surface area contributed by atoms with Crippen molar-refractivity contribution in [2.75, 3.05) is 6.26 Å². The van der Waals surface area contributed by atoms with Crippen LogP contribution in [0.3, 0.4) is 0 Å². The molecule has 2 rings (SSSR count). The quantitative estimate of drug-likeness (QED) is 0.845. The lowest BCUT2D eigenvalue weighted by Crippen LogP contribution is -2.02. The van der Waals surface area contributed by atoms with Gasteiger partial charge >= 0.3 is 0 Å². The highest BCUT2D eigenvalue weighted by atomic mass is 32.2. The summed E-state index contributed by atoms with van der Waals surface area (Å²) in [6.45, 7) is 4.60. The van der Waals surface area contributed by atoms with E-state index in [2.05, 4.69) is 44.4 Å². The van der Waals surface area contributed by atoms with Crippen molar-refractivity contribution in [1.82, 2.24) is 0 Å². The van der Waals surface area contributed by atoms with Gasteiger partial charge in [-0.3, -0.25) is 0 Å². The maximum absolute atomic E-state index is 6.06. The SMILES string of the molecule is CSc1cccc(Oc2cc(C)ccc2C)c1CN. The van der Waals surface area contributed by atoms with Gasteiger partial charge in [0.15, 0.2) is 0 Å². The molecule has 0 amide bonds. The fourth-order valence-electron chi connectivity index (χ4n) is 1.97. The van der Waals surface area contributed by atoms with Crippen LogP contribution in [0.15, 0.2) is 41.3 Å². The average molecular weight is 273 g/mol. The second-order valence-corrected chi connectivity index (χ2v) is 5.36. The Balaban J connectivity index is 2.40. The van der Waals surface area contributed by atoms with E-state index in [4.69, 9.17) is 10.5 Å². The van der Waals surface area contributed by atoms with E-state index in [-0.39, 0.29) is 0 Å². The third-order valence-corrected chi connectivity index (χ3v) is 3.90. The summed E-state index contributed by atoms with van der Waals surface area (Å²) in [5.41, 5.74) is 9.24. The molecule has 0 radical (unpaired) electrons. The van der Waals surface area contributed by atoms with Crippen molar-refractivity contribution < 1.29 is 4.74 Å². The number of thioether (sulfide) groups is 1. The summed E-state index contributed by atoms with van der Waals surface area (Å²) in [5.74, 6) is 1.75. The molecule has 0 saturated heterocycles. The van der Waals surface area contributed by atoms with E-state index in [1.807, 2.05) is 12.1 Å². The molecule has 0 aliphatic heterocycles. The van der Waals surface area contributed by atoms with E-state index in [1.54, 1.807) is 11.8 Å². The van der Waals surface area contributed by atoms with Gasteiger partial charge in [0.1, 0.15) is 11.5 Å². The average Bonchev–Trinajstić information content (AvgIpc) is 2.42. The van der Waals surface area contributed by atoms with E-state index in [9.17, 15) is 0 Å². The van der Waals surface area contributed by atoms with Crippen LogP contribution in [0.4, 0.5) is 0 Å². The van der Waals surface area contributed by atoms with Crippen molar-refractivity contribution in [2.45, 2.75) is 25.3 Å². The van der Waals surface area contributed by atoms with Crippen LogP contribution in [0, 0.1) is 13.8 Å². The van der Waals surface area contributed by atoms with Gasteiger partial charge in [0.25, 0.3) is 0 Å². The topological polar surface area (TPSA) is 35.2 Å². The van der Waals surface area contributed by atoms with Crippen molar-refractivity contribution in [1.29, 1.82) is 0 Å². The van der Waals surface area contributed by atoms with Gasteiger partial charge in [0.2, 0.25) is 0 Å². The third-order valence-electron chi connectivity index (χ3n) is 3.08. The van der Waals surface area contributed by atoms with Crippen molar-refractivity contribution >= 4 is 11.8 Å². The summed E-state index contributed by atoms with van der Waals surface area (Å²) in [4.78, 5) is 1.17. The Kier molecular flexibility index (Phi) is 4.51. The number of hydrogen-bond donors (Lipinski definition) is 1. The highest BCUT2D eigenvalue weighted by Gasteiger charge is 2.09. The second-order valence-electron chi connectivity index (χ2n) is 4.51. The number of benzene rings is 2. The molecule has 0 aliphatic rings. The maximum atomic E-state index is 6.06. The third kappa shape index (κ3) is 3.11. The van der Waals surface area contributed by atoms with Gasteiger partial charge in [-0.25, -0.2) is 0 Å². The molecule has 0 saturated carbocycles. The maximum Gasteiger partial charge on any atom is 0.133 e. The lowest BCUT2D eigenvalue weighted by Gasteiger charge is -2.14. The largest absolute Gasteiger partial charge is 0.457 e. The highest BCUT2D eigenvalue weighted by molar-refractivity contribution is 7.98. The minimum absolute atomic E-state index is 0.483. The van der Waals surface area contributed by atoms with Crippen LogP contribution >= 0.6 is 11.8 Å². The summed E-state index contributed by atoms with van der Waals surface area (Å²) >= 11 is 1.69. The van der Waals surface area contributed by atoms with Crippen LogP contribution in [-0.4, -0.2) is 6.26 Å². The fraction of sp³-hybridized carbons (Fsp3) is 0.250. The fourth-order valence-corrected chi connectivity index (χ4v) is 2.61. The molecule has 2 aromatic carbocycles. The molecule has 0 fully saturated rings. The summed E-state index contributed by atoms with van der Waals surface area (Å²) in [6, 6.07) is 12.3. The van der Waals surface area contributed by atoms with Crippen LogP contribution in [0.5, 0.6) is 11.5 Å². The number of ether oxygens (including phenoxy) is 1. The molecule has 2 N–H and O–H groups in total. The molecular weight excluding hydrogens is 254 g/mol. The van der Waals surface area contributed by atoms with E-state index in [0.29, 0.717) is 6.54 Å². The molecule has 2 aromatic rings. The Morgan fingerprint density at radius 1 is 1.11 bits per heavy atom. The molecule has 0 atom stereocenters. The minimum atomic E-state index is 0.483. The first kappa shape index (κ1) is 14.0. The van der Waals surface area contributed by atoms with Crippen molar-refractivity contribution in [2.24, 2.45) is 5.73 Å². The summed E-state index contributed by atoms with van der Waals surface area (Å²) in [7, 11) is 0. The van der Waals surface area contributed by atoms with Crippen LogP contribution in [0.25, 0.3) is 0 Å². The van der Waals surface area contributed by atoms with Gasteiger partial charge in [-0.2, -0.15) is 0 Å². The van der Waals surface area contributed by atoms with Gasteiger partial charge in [-0.15, -0.1) is 11.8 Å². The standard InChI is InChI=1S/C16H19NOS/c1-11-7-8-12(2)15(9-11)18-14-5-4-6-16(19-3)13(14)10-17/h4-9H,10,17H2,1-3H3. The molecule has 0 bridgehead atoms. The molecule has 0 aliphatic carbocycles. The summed E-state index contributed by atoms with van der Waals surface area (Å²) in [5, 5.41) is 0. The Bertz CT molecular complexity index is 581. The molecule has 100 valence electrons. The zero-order valence-corrected chi connectivity index (χ0v) is 12.4. The monoisotopic (exact) mass is 273 g/mol. The minimum Gasteiger partial charge on any atom is -0.457 e. The Morgan fingerprint density at radius 2 is 1.89 bits per heavy atom. The Hall–Kier alpha value is -1.45. The molecule has 0 spiro atoms. The van der Waals surface area contributed by atoms with Gasteiger partial charge in [0.05, 0.1) is 0 Å².